The van der Waals surface area contributed by atoms with Crippen molar-refractivity contribution >= 4 is 6.34 Å². The van der Waals surface area contributed by atoms with Crippen LogP contribution in [0.2, 0.25) is 0 Å². The molecule has 4 heteroatoms. The molecular weight excluding hydrogens is 140 g/mol. The van der Waals surface area contributed by atoms with Crippen molar-refractivity contribution in [3.8, 4) is 0 Å². The Morgan fingerprint density at radius 1 is 1.18 bits per heavy atom. The average Bonchev–Trinajstić information content (AvgIpc) is 2.64. The lowest BCUT2D eigenvalue weighted by Gasteiger charge is -1.75. The van der Waals surface area contributed by atoms with Crippen molar-refractivity contribution in [2.24, 2.45) is 4.99 Å². The third-order valence-corrected chi connectivity index (χ3v) is 1.05. The van der Waals surface area contributed by atoms with E-state index in [0.29, 0.717) is 0 Å². The van der Waals surface area contributed by atoms with E-state index in [1.165, 1.54) is 6.33 Å². The zero-order chi connectivity index (χ0) is 7.78. The first-order chi connectivity index (χ1) is 5.50. The molecule has 1 aromatic rings. The predicted octanol–water partition coefficient (Wildman–Crippen LogP) is 0.0945. The van der Waals surface area contributed by atoms with Gasteiger partial charge in [0, 0.05) is 18.9 Å². The highest BCUT2D eigenvalue weighted by atomic mass is 15.0. The SMILES string of the molecule is C1=NCCN1.c1cncnc1. The minimum atomic E-state index is 0.958. The molecule has 0 aliphatic carbocycles. The van der Waals surface area contributed by atoms with Crippen LogP contribution in [0.25, 0.3) is 0 Å². The van der Waals surface area contributed by atoms with E-state index in [4.69, 9.17) is 0 Å². The standard InChI is InChI=1S/C4H4N2.C3H6N2/c1-2-5-4-6-3-1;1-2-5-3-4-1/h1-4H;3H,1-2H2,(H,4,5). The number of nitrogens with zero attached hydrogens (tertiary/aromatic N) is 3. The first-order valence-electron chi connectivity index (χ1n) is 3.42. The summed E-state index contributed by atoms with van der Waals surface area (Å²) in [5, 5.41) is 2.93. The third kappa shape index (κ3) is 4.02. The van der Waals surface area contributed by atoms with Crippen LogP contribution in [0.15, 0.2) is 29.8 Å². The summed E-state index contributed by atoms with van der Waals surface area (Å²) in [6.45, 7) is 1.99. The number of aliphatic imine (C=N–C) groups is 1. The van der Waals surface area contributed by atoms with Gasteiger partial charge >= 0.3 is 0 Å². The molecule has 0 spiro atoms. The second-order valence-electron chi connectivity index (χ2n) is 1.89. The molecule has 1 N–H and O–H groups in total. The minimum Gasteiger partial charge on any atom is -0.375 e. The van der Waals surface area contributed by atoms with Gasteiger partial charge in [-0.05, 0) is 6.07 Å². The van der Waals surface area contributed by atoms with Gasteiger partial charge < -0.3 is 5.32 Å². The highest BCUT2D eigenvalue weighted by Crippen LogP contribution is 1.68. The number of aromatic nitrogens is 2. The average molecular weight is 150 g/mol. The van der Waals surface area contributed by atoms with Crippen molar-refractivity contribution in [3.05, 3.63) is 24.8 Å². The molecule has 0 saturated heterocycles. The van der Waals surface area contributed by atoms with E-state index in [1.54, 1.807) is 24.8 Å². The van der Waals surface area contributed by atoms with Crippen LogP contribution < -0.4 is 5.32 Å². The largest absolute Gasteiger partial charge is 0.375 e. The zero-order valence-electron chi connectivity index (χ0n) is 6.14. The fraction of sp³-hybridized carbons (Fsp3) is 0.286. The molecule has 2 heterocycles. The van der Waals surface area contributed by atoms with Crippen LogP contribution in [0.4, 0.5) is 0 Å². The minimum absolute atomic E-state index is 0.958. The summed E-state index contributed by atoms with van der Waals surface area (Å²) in [7, 11) is 0. The van der Waals surface area contributed by atoms with E-state index in [2.05, 4.69) is 20.3 Å². The molecule has 1 aromatic heterocycles. The molecule has 0 saturated carbocycles. The Kier molecular flexibility index (Phi) is 3.72. The Hall–Kier alpha value is -1.45. The van der Waals surface area contributed by atoms with Gasteiger partial charge in [-0.2, -0.15) is 0 Å². The van der Waals surface area contributed by atoms with Crippen LogP contribution >= 0.6 is 0 Å². The van der Waals surface area contributed by atoms with E-state index in [-0.39, 0.29) is 0 Å². The molecule has 0 unspecified atom stereocenters. The maximum absolute atomic E-state index is 3.85. The van der Waals surface area contributed by atoms with E-state index in [9.17, 15) is 0 Å². The summed E-state index contributed by atoms with van der Waals surface area (Å²) in [6, 6.07) is 1.78. The van der Waals surface area contributed by atoms with E-state index in [0.717, 1.165) is 13.1 Å². The van der Waals surface area contributed by atoms with Crippen molar-refractivity contribution in [1.82, 2.24) is 15.3 Å². The van der Waals surface area contributed by atoms with Gasteiger partial charge in [-0.3, -0.25) is 4.99 Å². The van der Waals surface area contributed by atoms with E-state index >= 15 is 0 Å². The number of rotatable bonds is 0. The maximum Gasteiger partial charge on any atom is 0.115 e. The summed E-state index contributed by atoms with van der Waals surface area (Å²) < 4.78 is 0. The van der Waals surface area contributed by atoms with Crippen LogP contribution in [0.1, 0.15) is 0 Å². The lowest BCUT2D eigenvalue weighted by Crippen LogP contribution is -2.04. The first-order valence-corrected chi connectivity index (χ1v) is 3.42. The van der Waals surface area contributed by atoms with Crippen molar-refractivity contribution < 1.29 is 0 Å². The van der Waals surface area contributed by atoms with Crippen LogP contribution in [0, 0.1) is 0 Å². The summed E-state index contributed by atoms with van der Waals surface area (Å²) in [5.41, 5.74) is 0. The fourth-order valence-electron chi connectivity index (χ4n) is 0.576. The molecule has 2 rings (SSSR count). The Labute approximate surface area is 65.4 Å². The monoisotopic (exact) mass is 150 g/mol. The second kappa shape index (κ2) is 5.34. The van der Waals surface area contributed by atoms with Crippen LogP contribution in [0.3, 0.4) is 0 Å². The summed E-state index contributed by atoms with van der Waals surface area (Å²) >= 11 is 0. The molecule has 4 nitrogen and oxygen atoms in total. The smallest absolute Gasteiger partial charge is 0.115 e. The Morgan fingerprint density at radius 3 is 2.18 bits per heavy atom. The Balaban J connectivity index is 0.000000112. The van der Waals surface area contributed by atoms with Crippen LogP contribution in [0.5, 0.6) is 0 Å². The van der Waals surface area contributed by atoms with Gasteiger partial charge in [-0.15, -0.1) is 0 Å². The van der Waals surface area contributed by atoms with Crippen molar-refractivity contribution in [3.63, 3.8) is 0 Å². The van der Waals surface area contributed by atoms with Gasteiger partial charge in [0.1, 0.15) is 6.33 Å². The highest BCUT2D eigenvalue weighted by molar-refractivity contribution is 5.56. The van der Waals surface area contributed by atoms with Gasteiger partial charge in [0.15, 0.2) is 0 Å². The lowest BCUT2D eigenvalue weighted by atomic mass is 10.7. The van der Waals surface area contributed by atoms with E-state index < -0.39 is 0 Å². The number of hydrogen-bond acceptors (Lipinski definition) is 4. The third-order valence-electron chi connectivity index (χ3n) is 1.05. The van der Waals surface area contributed by atoms with Gasteiger partial charge in [-0.25, -0.2) is 9.97 Å². The van der Waals surface area contributed by atoms with Crippen molar-refractivity contribution in [1.29, 1.82) is 0 Å². The molecule has 1 aliphatic rings. The molecule has 58 valence electrons. The topological polar surface area (TPSA) is 50.2 Å². The normalized spacial score (nSPS) is 13.1. The number of hydrogen-bond donors (Lipinski definition) is 1. The van der Waals surface area contributed by atoms with Crippen molar-refractivity contribution in [2.75, 3.05) is 13.1 Å². The molecule has 1 aliphatic heterocycles. The van der Waals surface area contributed by atoms with Gasteiger partial charge in [-0.1, -0.05) is 0 Å². The van der Waals surface area contributed by atoms with E-state index in [1.807, 2.05) is 0 Å². The molecular formula is C7H10N4. The molecule has 0 aromatic carbocycles. The molecule has 0 atom stereocenters. The summed E-state index contributed by atoms with van der Waals surface area (Å²) in [6.07, 6.45) is 6.61. The highest BCUT2D eigenvalue weighted by Gasteiger charge is 1.82. The molecule has 0 fully saturated rings. The second-order valence-corrected chi connectivity index (χ2v) is 1.89. The lowest BCUT2D eigenvalue weighted by molar-refractivity contribution is 0.965. The molecule has 0 amide bonds. The summed E-state index contributed by atoms with van der Waals surface area (Å²) in [4.78, 5) is 11.2. The van der Waals surface area contributed by atoms with Crippen LogP contribution in [-0.4, -0.2) is 29.4 Å². The maximum atomic E-state index is 3.85. The van der Waals surface area contributed by atoms with Crippen molar-refractivity contribution in [2.45, 2.75) is 0 Å². The number of nitrogens with one attached hydrogen (secondary N) is 1. The van der Waals surface area contributed by atoms with Gasteiger partial charge in [0.2, 0.25) is 0 Å². The summed E-state index contributed by atoms with van der Waals surface area (Å²) in [5.74, 6) is 0. The van der Waals surface area contributed by atoms with Crippen LogP contribution in [-0.2, 0) is 0 Å². The predicted molar refractivity (Wildman–Crippen MR) is 43.4 cm³/mol. The Bertz CT molecular complexity index is 164. The quantitative estimate of drug-likeness (QED) is 0.570. The van der Waals surface area contributed by atoms with Gasteiger partial charge in [0.05, 0.1) is 12.9 Å². The molecule has 0 bridgehead atoms. The van der Waals surface area contributed by atoms with Gasteiger partial charge in [0.25, 0.3) is 0 Å². The zero-order valence-corrected chi connectivity index (χ0v) is 6.14. The molecule has 11 heavy (non-hydrogen) atoms. The Morgan fingerprint density at radius 2 is 2.00 bits per heavy atom. The fourth-order valence-corrected chi connectivity index (χ4v) is 0.576. The first kappa shape index (κ1) is 7.65. The molecule has 0 radical (unpaired) electrons.